The van der Waals surface area contributed by atoms with Crippen LogP contribution in [0.1, 0.15) is 17.2 Å². The molecule has 0 radical (unpaired) electrons. The number of allylic oxidation sites excluding steroid dienone is 2. The molecule has 0 amide bonds. The van der Waals surface area contributed by atoms with E-state index < -0.39 is 23.2 Å². The second-order valence-corrected chi connectivity index (χ2v) is 8.54. The highest BCUT2D eigenvalue weighted by molar-refractivity contribution is 7.07. The number of nitriles is 2. The third kappa shape index (κ3) is 3.30. The van der Waals surface area contributed by atoms with Gasteiger partial charge in [0.2, 0.25) is 0 Å². The lowest BCUT2D eigenvalue weighted by Gasteiger charge is -2.24. The Kier molecular flexibility index (Phi) is 5.62. The first-order valence-corrected chi connectivity index (χ1v) is 10.5. The van der Waals surface area contributed by atoms with Crippen molar-refractivity contribution in [3.8, 4) is 12.1 Å². The lowest BCUT2D eigenvalue weighted by molar-refractivity contribution is 0.559. The molecule has 0 saturated carbocycles. The molecule has 1 aliphatic rings. The summed E-state index contributed by atoms with van der Waals surface area (Å²) in [6, 6.07) is 10.5. The van der Waals surface area contributed by atoms with Gasteiger partial charge in [-0.3, -0.25) is 9.36 Å². The Bertz CT molecular complexity index is 1550. The second kappa shape index (κ2) is 8.25. The van der Waals surface area contributed by atoms with E-state index in [1.807, 2.05) is 12.1 Å². The van der Waals surface area contributed by atoms with Crippen LogP contribution in [0.3, 0.4) is 0 Å². The van der Waals surface area contributed by atoms with Crippen LogP contribution in [-0.4, -0.2) is 4.57 Å². The van der Waals surface area contributed by atoms with E-state index >= 15 is 0 Å². The fourth-order valence-corrected chi connectivity index (χ4v) is 5.08. The van der Waals surface area contributed by atoms with Gasteiger partial charge in [-0.05, 0) is 30.3 Å². The van der Waals surface area contributed by atoms with Gasteiger partial charge in [-0.1, -0.05) is 35.3 Å². The minimum atomic E-state index is -1.30. The quantitative estimate of drug-likeness (QED) is 0.600. The number of hydrogen-bond donors (Lipinski definition) is 1. The SMILES string of the molecule is N#CC1=C(N)C(C#N)=c2s/c(=C/c3c(F)cccc3Cl)c(=O)n2C1c1c(F)cccc1Cl. The van der Waals surface area contributed by atoms with Crippen molar-refractivity contribution in [2.75, 3.05) is 0 Å². The van der Waals surface area contributed by atoms with Crippen LogP contribution in [0.2, 0.25) is 10.0 Å². The molecule has 0 fully saturated rings. The van der Waals surface area contributed by atoms with Crippen molar-refractivity contribution in [1.82, 2.24) is 4.57 Å². The fraction of sp³-hybridized carbons (Fsp3) is 0.0455. The van der Waals surface area contributed by atoms with Gasteiger partial charge in [0.15, 0.2) is 0 Å². The van der Waals surface area contributed by atoms with E-state index in [2.05, 4.69) is 0 Å². The predicted octanol–water partition coefficient (Wildman–Crippen LogP) is 3.34. The third-order valence-electron chi connectivity index (χ3n) is 4.94. The summed E-state index contributed by atoms with van der Waals surface area (Å²) in [4.78, 5) is 13.4. The Morgan fingerprint density at radius 3 is 2.31 bits per heavy atom. The number of nitrogens with two attached hydrogens (primary N) is 1. The Labute approximate surface area is 193 Å². The van der Waals surface area contributed by atoms with Crippen molar-refractivity contribution in [2.24, 2.45) is 5.73 Å². The molecule has 2 N–H and O–H groups in total. The van der Waals surface area contributed by atoms with Crippen molar-refractivity contribution in [1.29, 1.82) is 10.5 Å². The topological polar surface area (TPSA) is 95.6 Å². The molecule has 5 nitrogen and oxygen atoms in total. The lowest BCUT2D eigenvalue weighted by Crippen LogP contribution is -2.40. The van der Waals surface area contributed by atoms with Crippen LogP contribution >= 0.6 is 34.5 Å². The van der Waals surface area contributed by atoms with Crippen molar-refractivity contribution < 1.29 is 8.78 Å². The highest BCUT2D eigenvalue weighted by atomic mass is 35.5. The molecule has 0 aliphatic carbocycles. The van der Waals surface area contributed by atoms with Crippen LogP contribution in [0.4, 0.5) is 8.78 Å². The van der Waals surface area contributed by atoms with E-state index in [4.69, 9.17) is 28.9 Å². The van der Waals surface area contributed by atoms with Crippen LogP contribution in [0.5, 0.6) is 0 Å². The van der Waals surface area contributed by atoms with Gasteiger partial charge in [0, 0.05) is 16.1 Å². The van der Waals surface area contributed by atoms with Gasteiger partial charge in [-0.25, -0.2) is 8.78 Å². The fourth-order valence-electron chi connectivity index (χ4n) is 3.49. The second-order valence-electron chi connectivity index (χ2n) is 6.69. The van der Waals surface area contributed by atoms with E-state index in [-0.39, 0.29) is 47.2 Å². The summed E-state index contributed by atoms with van der Waals surface area (Å²) in [5, 5.41) is 19.5. The highest BCUT2D eigenvalue weighted by Gasteiger charge is 2.34. The van der Waals surface area contributed by atoms with Crippen LogP contribution in [0, 0.1) is 34.3 Å². The number of halogens is 4. The number of aromatic nitrogens is 1. The Balaban J connectivity index is 2.16. The predicted molar refractivity (Wildman–Crippen MR) is 118 cm³/mol. The van der Waals surface area contributed by atoms with Gasteiger partial charge in [0.25, 0.3) is 5.56 Å². The molecule has 2 aromatic carbocycles. The Hall–Kier alpha value is -3.43. The van der Waals surface area contributed by atoms with Crippen LogP contribution in [-0.2, 0) is 0 Å². The molecule has 0 saturated heterocycles. The van der Waals surface area contributed by atoms with Crippen LogP contribution in [0.25, 0.3) is 11.6 Å². The molecule has 1 atom stereocenters. The van der Waals surface area contributed by atoms with Crippen molar-refractivity contribution in [3.63, 3.8) is 0 Å². The number of hydrogen-bond acceptors (Lipinski definition) is 5. The number of benzene rings is 2. The molecule has 4 rings (SSSR count). The van der Waals surface area contributed by atoms with Crippen molar-refractivity contribution in [3.05, 3.63) is 100 Å². The number of thiazole rings is 1. The molecule has 3 aromatic rings. The third-order valence-corrected chi connectivity index (χ3v) is 6.71. The minimum Gasteiger partial charge on any atom is -0.397 e. The zero-order valence-corrected chi connectivity index (χ0v) is 18.2. The Morgan fingerprint density at radius 2 is 1.72 bits per heavy atom. The maximum Gasteiger partial charge on any atom is 0.269 e. The number of nitrogens with zero attached hydrogens (tertiary/aromatic N) is 3. The molecule has 32 heavy (non-hydrogen) atoms. The van der Waals surface area contributed by atoms with Crippen molar-refractivity contribution in [2.45, 2.75) is 6.04 Å². The van der Waals surface area contributed by atoms with E-state index in [1.54, 1.807) is 0 Å². The normalized spacial score (nSPS) is 16.0. The summed E-state index contributed by atoms with van der Waals surface area (Å²) < 4.78 is 30.3. The molecular formula is C22H10Cl2F2N4OS. The van der Waals surface area contributed by atoms with Crippen molar-refractivity contribution >= 4 is 46.2 Å². The summed E-state index contributed by atoms with van der Waals surface area (Å²) in [5.41, 5.74) is 4.74. The maximum atomic E-state index is 14.8. The summed E-state index contributed by atoms with van der Waals surface area (Å²) >= 11 is 13.2. The van der Waals surface area contributed by atoms with Gasteiger partial charge in [-0.2, -0.15) is 10.5 Å². The molecule has 2 heterocycles. The van der Waals surface area contributed by atoms with Crippen LogP contribution in [0.15, 0.2) is 52.5 Å². The average molecular weight is 487 g/mol. The van der Waals surface area contributed by atoms with Crippen LogP contribution < -0.4 is 20.5 Å². The largest absolute Gasteiger partial charge is 0.397 e. The molecular weight excluding hydrogens is 477 g/mol. The molecule has 10 heteroatoms. The first kappa shape index (κ1) is 21.8. The van der Waals surface area contributed by atoms with E-state index in [9.17, 15) is 24.1 Å². The molecule has 158 valence electrons. The monoisotopic (exact) mass is 486 g/mol. The molecule has 1 aromatic heterocycles. The zero-order chi connectivity index (χ0) is 23.2. The van der Waals surface area contributed by atoms with E-state index in [0.717, 1.165) is 22.0 Å². The molecule has 1 unspecified atom stereocenters. The number of fused-ring (bicyclic) bond motifs is 1. The summed E-state index contributed by atoms with van der Waals surface area (Å²) in [5.74, 6) is -1.41. The Morgan fingerprint density at radius 1 is 1.06 bits per heavy atom. The van der Waals surface area contributed by atoms with Gasteiger partial charge in [0.05, 0.1) is 26.9 Å². The lowest BCUT2D eigenvalue weighted by atomic mass is 9.93. The summed E-state index contributed by atoms with van der Waals surface area (Å²) in [7, 11) is 0. The van der Waals surface area contributed by atoms with Gasteiger partial charge >= 0.3 is 0 Å². The molecule has 0 spiro atoms. The summed E-state index contributed by atoms with van der Waals surface area (Å²) in [6.45, 7) is 0. The van der Waals surface area contributed by atoms with Gasteiger partial charge < -0.3 is 5.73 Å². The summed E-state index contributed by atoms with van der Waals surface area (Å²) in [6.07, 6.45) is 1.24. The van der Waals surface area contributed by atoms with Gasteiger partial charge in [0.1, 0.15) is 34.0 Å². The van der Waals surface area contributed by atoms with E-state index in [0.29, 0.717) is 0 Å². The maximum absolute atomic E-state index is 14.8. The first-order valence-electron chi connectivity index (χ1n) is 8.95. The minimum absolute atomic E-state index is 0.0178. The van der Waals surface area contributed by atoms with E-state index in [1.165, 1.54) is 36.4 Å². The average Bonchev–Trinajstić information content (AvgIpc) is 3.06. The number of rotatable bonds is 2. The molecule has 0 bridgehead atoms. The first-order chi connectivity index (χ1) is 15.3. The zero-order valence-electron chi connectivity index (χ0n) is 15.9. The standard InChI is InChI=1S/C22H10Cl2F2N4OS/c23-13-3-1-5-15(25)10(13)7-17-21(31)30-20(18-14(24)4-2-6-16(18)26)11(8-27)19(29)12(9-28)22(30)32-17/h1-7,20H,29H2/b17-7+. The molecule has 1 aliphatic heterocycles. The highest BCUT2D eigenvalue weighted by Crippen LogP contribution is 2.35. The van der Waals surface area contributed by atoms with Gasteiger partial charge in [-0.15, -0.1) is 11.3 Å². The smallest absolute Gasteiger partial charge is 0.269 e.